The lowest BCUT2D eigenvalue weighted by atomic mass is 10.1. The Labute approximate surface area is 84.0 Å². The van der Waals surface area contributed by atoms with Crippen LogP contribution < -0.4 is 4.74 Å². The van der Waals surface area contributed by atoms with Crippen molar-refractivity contribution in [3.05, 3.63) is 39.7 Å². The number of aliphatic hydroxyl groups is 1. The zero-order valence-corrected chi connectivity index (χ0v) is 8.36. The largest absolute Gasteiger partial charge is 0.465 e. The molecule has 0 radical (unpaired) electrons. The Morgan fingerprint density at radius 2 is 2.25 bits per heavy atom. The van der Waals surface area contributed by atoms with Gasteiger partial charge in [0.1, 0.15) is 11.9 Å². The number of rotatable bonds is 0. The summed E-state index contributed by atoms with van der Waals surface area (Å²) in [6, 6.07) is 5.74. The van der Waals surface area contributed by atoms with Crippen LogP contribution in [0.1, 0.15) is 11.7 Å². The average Bonchev–Trinajstić information content (AvgIpc) is 2.07. The van der Waals surface area contributed by atoms with Gasteiger partial charge in [0.15, 0.2) is 0 Å². The molecule has 1 aliphatic heterocycles. The molecule has 0 fully saturated rings. The molecule has 0 aliphatic carbocycles. The fourth-order valence-electron chi connectivity index (χ4n) is 1.15. The minimum Gasteiger partial charge on any atom is -0.465 e. The van der Waals surface area contributed by atoms with E-state index in [1.807, 2.05) is 18.2 Å². The van der Waals surface area contributed by atoms with Crippen molar-refractivity contribution in [2.45, 2.75) is 6.10 Å². The summed E-state index contributed by atoms with van der Waals surface area (Å²) >= 11 is 2.21. The first-order valence-corrected chi connectivity index (χ1v) is 4.66. The normalized spacial score (nSPS) is 20.0. The molecule has 62 valence electrons. The highest BCUT2D eigenvalue weighted by atomic mass is 127. The van der Waals surface area contributed by atoms with Gasteiger partial charge in [-0.25, -0.2) is 0 Å². The molecule has 2 rings (SSSR count). The lowest BCUT2D eigenvalue weighted by molar-refractivity contribution is 0.213. The van der Waals surface area contributed by atoms with Gasteiger partial charge in [0, 0.05) is 9.13 Å². The van der Waals surface area contributed by atoms with Gasteiger partial charge in [-0.15, -0.1) is 0 Å². The van der Waals surface area contributed by atoms with Crippen LogP contribution in [0.3, 0.4) is 0 Å². The quantitative estimate of drug-likeness (QED) is 0.735. The topological polar surface area (TPSA) is 29.5 Å². The van der Waals surface area contributed by atoms with Crippen LogP contribution in [0, 0.1) is 3.57 Å². The third kappa shape index (κ3) is 1.34. The van der Waals surface area contributed by atoms with Crippen LogP contribution in [0.15, 0.2) is 30.5 Å². The van der Waals surface area contributed by atoms with Crippen molar-refractivity contribution in [1.82, 2.24) is 0 Å². The minimum atomic E-state index is -0.525. The molecule has 2 nitrogen and oxygen atoms in total. The highest BCUT2D eigenvalue weighted by Gasteiger charge is 2.14. The van der Waals surface area contributed by atoms with Crippen LogP contribution in [0.4, 0.5) is 0 Å². The maximum absolute atomic E-state index is 9.52. The number of benzene rings is 1. The van der Waals surface area contributed by atoms with Crippen LogP contribution in [-0.2, 0) is 0 Å². The number of hydrogen-bond donors (Lipinski definition) is 1. The lowest BCUT2D eigenvalue weighted by Gasteiger charge is -2.16. The summed E-state index contributed by atoms with van der Waals surface area (Å²) in [5, 5.41) is 9.52. The molecule has 0 saturated carbocycles. The van der Waals surface area contributed by atoms with E-state index in [0.717, 1.165) is 14.9 Å². The van der Waals surface area contributed by atoms with Crippen molar-refractivity contribution in [3.8, 4) is 5.75 Å². The van der Waals surface area contributed by atoms with Crippen molar-refractivity contribution in [2.75, 3.05) is 0 Å². The maximum Gasteiger partial charge on any atom is 0.132 e. The Balaban J connectivity index is 2.52. The van der Waals surface area contributed by atoms with E-state index in [-0.39, 0.29) is 0 Å². The second-order valence-corrected chi connectivity index (χ2v) is 3.82. The van der Waals surface area contributed by atoms with Gasteiger partial charge in [-0.05, 0) is 46.9 Å². The van der Waals surface area contributed by atoms with E-state index >= 15 is 0 Å². The SMILES string of the molecule is O[C@@H]1C=COc2ccc(I)cc21. The summed E-state index contributed by atoms with van der Waals surface area (Å²) in [6.45, 7) is 0. The summed E-state index contributed by atoms with van der Waals surface area (Å²) in [7, 11) is 0. The van der Waals surface area contributed by atoms with Crippen molar-refractivity contribution in [3.63, 3.8) is 0 Å². The predicted molar refractivity (Wildman–Crippen MR) is 53.9 cm³/mol. The molecule has 0 saturated heterocycles. The van der Waals surface area contributed by atoms with Crippen molar-refractivity contribution < 1.29 is 9.84 Å². The van der Waals surface area contributed by atoms with Crippen LogP contribution in [0.2, 0.25) is 0 Å². The van der Waals surface area contributed by atoms with Crippen LogP contribution >= 0.6 is 22.6 Å². The van der Waals surface area contributed by atoms with Gasteiger partial charge in [-0.1, -0.05) is 0 Å². The van der Waals surface area contributed by atoms with Crippen LogP contribution in [-0.4, -0.2) is 5.11 Å². The van der Waals surface area contributed by atoms with E-state index < -0.39 is 6.10 Å². The van der Waals surface area contributed by atoms with Gasteiger partial charge in [0.2, 0.25) is 0 Å². The molecule has 1 N–H and O–H groups in total. The van der Waals surface area contributed by atoms with E-state index in [9.17, 15) is 5.11 Å². The van der Waals surface area contributed by atoms with Gasteiger partial charge < -0.3 is 9.84 Å². The zero-order chi connectivity index (χ0) is 8.55. The van der Waals surface area contributed by atoms with E-state index in [1.165, 1.54) is 6.26 Å². The standard InChI is InChI=1S/C9H7IO2/c10-6-1-2-9-7(5-6)8(11)3-4-12-9/h1-5,8,11H/t8-/m1/s1. The van der Waals surface area contributed by atoms with Gasteiger partial charge in [-0.2, -0.15) is 0 Å². The maximum atomic E-state index is 9.52. The number of halogens is 1. The average molecular weight is 274 g/mol. The Kier molecular flexibility index (Phi) is 2.06. The highest BCUT2D eigenvalue weighted by molar-refractivity contribution is 14.1. The lowest BCUT2D eigenvalue weighted by Crippen LogP contribution is -2.02. The molecule has 1 aromatic rings. The van der Waals surface area contributed by atoms with Gasteiger partial charge in [-0.3, -0.25) is 0 Å². The summed E-state index contributed by atoms with van der Waals surface area (Å²) in [6.07, 6.45) is 2.61. The van der Waals surface area contributed by atoms with E-state index in [4.69, 9.17) is 4.74 Å². The second kappa shape index (κ2) is 3.06. The molecule has 0 amide bonds. The third-order valence-electron chi connectivity index (χ3n) is 1.75. The molecule has 0 aromatic heterocycles. The first-order valence-electron chi connectivity index (χ1n) is 3.58. The first kappa shape index (κ1) is 8.07. The smallest absolute Gasteiger partial charge is 0.132 e. The van der Waals surface area contributed by atoms with Crippen molar-refractivity contribution in [1.29, 1.82) is 0 Å². The monoisotopic (exact) mass is 274 g/mol. The number of ether oxygens (including phenoxy) is 1. The third-order valence-corrected chi connectivity index (χ3v) is 2.42. The highest BCUT2D eigenvalue weighted by Crippen LogP contribution is 2.30. The summed E-state index contributed by atoms with van der Waals surface area (Å²) in [5.41, 5.74) is 0.837. The molecular formula is C9H7IO2. The second-order valence-electron chi connectivity index (χ2n) is 2.57. The molecule has 1 heterocycles. The molecule has 0 bridgehead atoms. The summed E-state index contributed by atoms with van der Waals surface area (Å²) in [5.74, 6) is 0.741. The first-order chi connectivity index (χ1) is 5.77. The van der Waals surface area contributed by atoms with Crippen molar-refractivity contribution in [2.24, 2.45) is 0 Å². The van der Waals surface area contributed by atoms with Gasteiger partial charge in [0.05, 0.1) is 6.26 Å². The summed E-state index contributed by atoms with van der Waals surface area (Å²) in [4.78, 5) is 0. The minimum absolute atomic E-state index is 0.525. The number of hydrogen-bond acceptors (Lipinski definition) is 2. The number of aliphatic hydroxyl groups excluding tert-OH is 1. The Bertz CT molecular complexity index is 333. The van der Waals surface area contributed by atoms with E-state index in [1.54, 1.807) is 6.08 Å². The van der Waals surface area contributed by atoms with Crippen LogP contribution in [0.5, 0.6) is 5.75 Å². The number of fused-ring (bicyclic) bond motifs is 1. The Hall–Kier alpha value is -0.550. The molecule has 1 aliphatic rings. The van der Waals surface area contributed by atoms with Gasteiger partial charge in [0.25, 0.3) is 0 Å². The molecule has 12 heavy (non-hydrogen) atoms. The van der Waals surface area contributed by atoms with Gasteiger partial charge >= 0.3 is 0 Å². The predicted octanol–water partition coefficient (Wildman–Crippen LogP) is 2.23. The molecule has 0 unspecified atom stereocenters. The Morgan fingerprint density at radius 3 is 3.08 bits per heavy atom. The summed E-state index contributed by atoms with van der Waals surface area (Å²) < 4.78 is 6.31. The molecule has 0 spiro atoms. The molecular weight excluding hydrogens is 267 g/mol. The zero-order valence-electron chi connectivity index (χ0n) is 6.20. The Morgan fingerprint density at radius 1 is 1.42 bits per heavy atom. The molecule has 1 atom stereocenters. The fraction of sp³-hybridized carbons (Fsp3) is 0.111. The van der Waals surface area contributed by atoms with E-state index in [2.05, 4.69) is 22.6 Å². The fourth-order valence-corrected chi connectivity index (χ4v) is 1.66. The van der Waals surface area contributed by atoms with E-state index in [0.29, 0.717) is 0 Å². The molecule has 3 heteroatoms. The molecule has 1 aromatic carbocycles. The van der Waals surface area contributed by atoms with Crippen LogP contribution in [0.25, 0.3) is 0 Å². The van der Waals surface area contributed by atoms with Crippen molar-refractivity contribution >= 4 is 22.6 Å².